The predicted molar refractivity (Wildman–Crippen MR) is 84.3 cm³/mol. The summed E-state index contributed by atoms with van der Waals surface area (Å²) in [5.41, 5.74) is 0.381. The van der Waals surface area contributed by atoms with Crippen LogP contribution >= 0.6 is 39.9 Å². The number of nitrogens with zero attached hydrogens (tertiary/aromatic N) is 1. The average Bonchev–Trinajstić information content (AvgIpc) is 2.62. The molecule has 1 aromatic rings. The molecule has 1 aliphatic heterocycles. The van der Waals surface area contributed by atoms with Gasteiger partial charge in [0.2, 0.25) is 0 Å². The number of thioether (sulfide) groups is 1. The lowest BCUT2D eigenvalue weighted by molar-refractivity contribution is -0.122. The molecular formula is C13H11BrFNOS2. The second-order valence-corrected chi connectivity index (χ2v) is 6.59. The van der Waals surface area contributed by atoms with E-state index in [4.69, 9.17) is 12.2 Å². The molecule has 0 radical (unpaired) electrons. The maximum atomic E-state index is 13.7. The van der Waals surface area contributed by atoms with Crippen molar-refractivity contribution < 1.29 is 9.18 Å². The van der Waals surface area contributed by atoms with E-state index in [1.165, 1.54) is 17.8 Å². The number of benzene rings is 1. The van der Waals surface area contributed by atoms with Gasteiger partial charge < -0.3 is 0 Å². The van der Waals surface area contributed by atoms with Crippen LogP contribution in [0.15, 0.2) is 27.6 Å². The van der Waals surface area contributed by atoms with E-state index < -0.39 is 0 Å². The van der Waals surface area contributed by atoms with Crippen molar-refractivity contribution in [3.8, 4) is 0 Å². The minimum atomic E-state index is -0.357. The first-order chi connectivity index (χ1) is 9.02. The average molecular weight is 360 g/mol. The van der Waals surface area contributed by atoms with Gasteiger partial charge in [0.15, 0.2) is 0 Å². The number of hydrogen-bond acceptors (Lipinski definition) is 3. The number of rotatable bonds is 3. The van der Waals surface area contributed by atoms with Crippen LogP contribution in [0, 0.1) is 5.82 Å². The molecule has 2 rings (SSSR count). The van der Waals surface area contributed by atoms with E-state index in [1.807, 2.05) is 6.92 Å². The molecule has 1 amide bonds. The molecule has 19 heavy (non-hydrogen) atoms. The molecule has 0 atom stereocenters. The van der Waals surface area contributed by atoms with Gasteiger partial charge >= 0.3 is 0 Å². The Hall–Kier alpha value is -0.720. The third-order valence-electron chi connectivity index (χ3n) is 2.57. The first-order valence-corrected chi connectivity index (χ1v) is 7.75. The Balaban J connectivity index is 2.32. The standard InChI is InChI=1S/C13H11BrFNOS2/c1-2-5-16-12(17)11(19-13(16)18)7-8-6-9(14)3-4-10(8)15/h3-4,6-7H,2,5H2,1H3/b11-7+. The normalized spacial score (nSPS) is 17.6. The van der Waals surface area contributed by atoms with Crippen LogP contribution in [-0.2, 0) is 4.79 Å². The number of amides is 1. The SMILES string of the molecule is CCCN1C(=O)/C(=C\c2cc(Br)ccc2F)SC1=S. The van der Waals surface area contributed by atoms with E-state index in [9.17, 15) is 9.18 Å². The van der Waals surface area contributed by atoms with Crippen molar-refractivity contribution in [3.63, 3.8) is 0 Å². The lowest BCUT2D eigenvalue weighted by Gasteiger charge is -2.11. The Morgan fingerprint density at radius 2 is 2.26 bits per heavy atom. The molecule has 0 N–H and O–H groups in total. The van der Waals surface area contributed by atoms with Crippen molar-refractivity contribution in [2.24, 2.45) is 0 Å². The lowest BCUT2D eigenvalue weighted by Crippen LogP contribution is -2.28. The molecule has 0 aliphatic carbocycles. The number of hydrogen-bond donors (Lipinski definition) is 0. The van der Waals surface area contributed by atoms with E-state index >= 15 is 0 Å². The van der Waals surface area contributed by atoms with E-state index in [0.717, 1.165) is 10.9 Å². The number of carbonyl (C=O) groups excluding carboxylic acids is 1. The smallest absolute Gasteiger partial charge is 0.266 e. The minimum absolute atomic E-state index is 0.142. The molecule has 0 saturated carbocycles. The van der Waals surface area contributed by atoms with Gasteiger partial charge in [0.1, 0.15) is 10.1 Å². The molecule has 6 heteroatoms. The highest BCUT2D eigenvalue weighted by Gasteiger charge is 2.31. The zero-order valence-corrected chi connectivity index (χ0v) is 13.4. The van der Waals surface area contributed by atoms with Crippen LogP contribution in [0.1, 0.15) is 18.9 Å². The van der Waals surface area contributed by atoms with Gasteiger partial charge in [-0.25, -0.2) is 4.39 Å². The third-order valence-corrected chi connectivity index (χ3v) is 4.44. The van der Waals surface area contributed by atoms with Gasteiger partial charge in [-0.05, 0) is 30.7 Å². The zero-order chi connectivity index (χ0) is 14.0. The summed E-state index contributed by atoms with van der Waals surface area (Å²) in [6.07, 6.45) is 2.39. The Bertz CT molecular complexity index is 574. The van der Waals surface area contributed by atoms with Gasteiger partial charge in [-0.2, -0.15) is 0 Å². The molecule has 0 aromatic heterocycles. The Morgan fingerprint density at radius 3 is 2.95 bits per heavy atom. The summed E-state index contributed by atoms with van der Waals surface area (Å²) in [5, 5.41) is 0. The first kappa shape index (κ1) is 14.7. The van der Waals surface area contributed by atoms with Crippen molar-refractivity contribution in [1.29, 1.82) is 0 Å². The first-order valence-electron chi connectivity index (χ1n) is 5.73. The summed E-state index contributed by atoms with van der Waals surface area (Å²) in [5.74, 6) is -0.500. The van der Waals surface area contributed by atoms with Crippen LogP contribution in [0.5, 0.6) is 0 Å². The molecular weight excluding hydrogens is 349 g/mol. The summed E-state index contributed by atoms with van der Waals surface area (Å²) in [7, 11) is 0. The maximum absolute atomic E-state index is 13.7. The van der Waals surface area contributed by atoms with Crippen molar-refractivity contribution in [1.82, 2.24) is 4.90 Å². The fraction of sp³-hybridized carbons (Fsp3) is 0.231. The fourth-order valence-electron chi connectivity index (χ4n) is 1.68. The number of halogens is 2. The van der Waals surface area contributed by atoms with Crippen LogP contribution in [0.25, 0.3) is 6.08 Å². The molecule has 1 heterocycles. The van der Waals surface area contributed by atoms with Crippen LogP contribution in [0.3, 0.4) is 0 Å². The van der Waals surface area contributed by atoms with Gasteiger partial charge in [-0.3, -0.25) is 9.69 Å². The van der Waals surface area contributed by atoms with Gasteiger partial charge in [0, 0.05) is 16.6 Å². The quantitative estimate of drug-likeness (QED) is 0.595. The molecule has 1 aliphatic rings. The van der Waals surface area contributed by atoms with E-state index in [-0.39, 0.29) is 11.7 Å². The second kappa shape index (κ2) is 6.15. The molecule has 2 nitrogen and oxygen atoms in total. The molecule has 0 spiro atoms. The molecule has 1 aromatic carbocycles. The zero-order valence-electron chi connectivity index (χ0n) is 10.2. The molecule has 0 unspecified atom stereocenters. The summed E-state index contributed by atoms with van der Waals surface area (Å²) >= 11 is 9.66. The molecule has 100 valence electrons. The van der Waals surface area contributed by atoms with Crippen molar-refractivity contribution in [3.05, 3.63) is 39.0 Å². The Morgan fingerprint density at radius 1 is 1.53 bits per heavy atom. The molecule has 1 fully saturated rings. The monoisotopic (exact) mass is 359 g/mol. The summed E-state index contributed by atoms with van der Waals surface area (Å²) in [4.78, 5) is 14.1. The third kappa shape index (κ3) is 3.24. The van der Waals surface area contributed by atoms with E-state index in [1.54, 1.807) is 23.1 Å². The fourth-order valence-corrected chi connectivity index (χ4v) is 3.36. The largest absolute Gasteiger partial charge is 0.293 e. The number of thiocarbonyl (C=S) groups is 1. The van der Waals surface area contributed by atoms with Crippen LogP contribution in [-0.4, -0.2) is 21.7 Å². The maximum Gasteiger partial charge on any atom is 0.266 e. The van der Waals surface area contributed by atoms with Gasteiger partial charge in [-0.15, -0.1) is 0 Å². The van der Waals surface area contributed by atoms with Crippen molar-refractivity contribution >= 4 is 56.2 Å². The van der Waals surface area contributed by atoms with E-state index in [0.29, 0.717) is 21.3 Å². The van der Waals surface area contributed by atoms with E-state index in [2.05, 4.69) is 15.9 Å². The summed E-state index contributed by atoms with van der Waals surface area (Å²) in [6, 6.07) is 4.62. The van der Waals surface area contributed by atoms with Gasteiger partial charge in [-0.1, -0.05) is 46.8 Å². The molecule has 0 bridgehead atoms. The number of carbonyl (C=O) groups is 1. The van der Waals surface area contributed by atoms with Gasteiger partial charge in [0.25, 0.3) is 5.91 Å². The Kier molecular flexibility index (Phi) is 4.76. The predicted octanol–water partition coefficient (Wildman–Crippen LogP) is 4.20. The van der Waals surface area contributed by atoms with Crippen LogP contribution in [0.4, 0.5) is 4.39 Å². The minimum Gasteiger partial charge on any atom is -0.293 e. The highest BCUT2D eigenvalue weighted by Crippen LogP contribution is 2.33. The van der Waals surface area contributed by atoms with Crippen molar-refractivity contribution in [2.75, 3.05) is 6.54 Å². The molecule has 1 saturated heterocycles. The highest BCUT2D eigenvalue weighted by atomic mass is 79.9. The highest BCUT2D eigenvalue weighted by molar-refractivity contribution is 9.10. The lowest BCUT2D eigenvalue weighted by atomic mass is 10.2. The summed E-state index contributed by atoms with van der Waals surface area (Å²) < 4.78 is 15.0. The van der Waals surface area contributed by atoms with Gasteiger partial charge in [0.05, 0.1) is 4.91 Å². The second-order valence-electron chi connectivity index (χ2n) is 4.00. The topological polar surface area (TPSA) is 20.3 Å². The summed E-state index contributed by atoms with van der Waals surface area (Å²) in [6.45, 7) is 2.58. The Labute approximate surface area is 129 Å². The van der Waals surface area contributed by atoms with Crippen LogP contribution in [0.2, 0.25) is 0 Å². The van der Waals surface area contributed by atoms with Crippen LogP contribution < -0.4 is 0 Å². The van der Waals surface area contributed by atoms with Crippen molar-refractivity contribution in [2.45, 2.75) is 13.3 Å².